The topological polar surface area (TPSA) is 152 Å². The van der Waals surface area contributed by atoms with Crippen LogP contribution in [0.15, 0.2) is 65.3 Å². The number of anilines is 2. The Kier molecular flexibility index (Phi) is 11.0. The lowest BCUT2D eigenvalue weighted by Crippen LogP contribution is -2.33. The zero-order chi connectivity index (χ0) is 31.4. The molecule has 0 bridgehead atoms. The van der Waals surface area contributed by atoms with Crippen molar-refractivity contribution in [3.63, 3.8) is 0 Å². The van der Waals surface area contributed by atoms with Gasteiger partial charge in [0, 0.05) is 45.0 Å². The molecule has 0 unspecified atom stereocenters. The molecular weight excluding hydrogens is 564 g/mol. The number of benzene rings is 1. The summed E-state index contributed by atoms with van der Waals surface area (Å²) in [4.78, 5) is 43.0. The van der Waals surface area contributed by atoms with Crippen LogP contribution in [0.5, 0.6) is 11.5 Å². The van der Waals surface area contributed by atoms with Gasteiger partial charge in [-0.3, -0.25) is 24.0 Å². The van der Waals surface area contributed by atoms with Crippen LogP contribution in [-0.2, 0) is 20.9 Å². The first kappa shape index (κ1) is 31.7. The van der Waals surface area contributed by atoms with Crippen molar-refractivity contribution in [2.75, 3.05) is 37.4 Å². The summed E-state index contributed by atoms with van der Waals surface area (Å²) in [5.74, 6) is 3.11. The molecule has 0 aliphatic carbocycles. The summed E-state index contributed by atoms with van der Waals surface area (Å²) in [7, 11) is 1.70. The number of nitrogens with one attached hydrogen (secondary N) is 2. The number of terminal acetylenes is 1. The number of carbonyl (C=O) groups is 3. The minimum absolute atomic E-state index is 0.0250. The number of amides is 3. The largest absolute Gasteiger partial charge is 0.492 e. The van der Waals surface area contributed by atoms with Gasteiger partial charge in [0.15, 0.2) is 5.66 Å². The van der Waals surface area contributed by atoms with Crippen molar-refractivity contribution < 1.29 is 23.9 Å². The van der Waals surface area contributed by atoms with Gasteiger partial charge in [-0.15, -0.1) is 12.3 Å². The van der Waals surface area contributed by atoms with E-state index in [9.17, 15) is 14.4 Å². The molecule has 1 aliphatic rings. The molecule has 0 saturated heterocycles. The normalized spacial score (nSPS) is 12.6. The van der Waals surface area contributed by atoms with E-state index in [1.165, 1.54) is 23.3 Å². The Morgan fingerprint density at radius 1 is 0.955 bits per heavy atom. The Labute approximate surface area is 256 Å². The number of likely N-dealkylation sites (N-methyl/N-ethyl adjacent to an activating group) is 1. The third kappa shape index (κ3) is 10.2. The SMILES string of the molecule is C#CCCC1(CCC(=O)Nc2cncc(OCCC(=O)Nc3cnn(CC(=O)N(C)CCOc4ccc(C)cc4)c3)c2)N=N1. The first-order chi connectivity index (χ1) is 21.2. The van der Waals surface area contributed by atoms with Crippen LogP contribution >= 0.6 is 0 Å². The molecule has 3 heterocycles. The van der Waals surface area contributed by atoms with E-state index in [1.807, 2.05) is 31.2 Å². The summed E-state index contributed by atoms with van der Waals surface area (Å²) >= 11 is 0. The predicted octanol–water partition coefficient (Wildman–Crippen LogP) is 3.83. The fraction of sp³-hybridized carbons (Fsp3) is 0.387. The number of ether oxygens (including phenoxy) is 2. The highest BCUT2D eigenvalue weighted by Gasteiger charge is 2.39. The Morgan fingerprint density at radius 3 is 2.43 bits per heavy atom. The van der Waals surface area contributed by atoms with E-state index in [0.717, 1.165) is 11.3 Å². The van der Waals surface area contributed by atoms with Gasteiger partial charge in [0.2, 0.25) is 17.7 Å². The van der Waals surface area contributed by atoms with E-state index in [0.29, 0.717) is 49.5 Å². The number of hydrogen-bond acceptors (Lipinski definition) is 9. The van der Waals surface area contributed by atoms with Crippen molar-refractivity contribution in [2.45, 2.75) is 51.2 Å². The van der Waals surface area contributed by atoms with Gasteiger partial charge in [-0.25, -0.2) is 0 Å². The Balaban J connectivity index is 1.12. The van der Waals surface area contributed by atoms with Crippen molar-refractivity contribution in [1.82, 2.24) is 19.7 Å². The summed E-state index contributed by atoms with van der Waals surface area (Å²) in [6, 6.07) is 9.36. The molecule has 3 amide bonds. The number of pyridine rings is 1. The van der Waals surface area contributed by atoms with Crippen LogP contribution in [-0.4, -0.2) is 69.9 Å². The molecule has 1 aliphatic heterocycles. The second kappa shape index (κ2) is 15.3. The summed E-state index contributed by atoms with van der Waals surface area (Å²) < 4.78 is 12.8. The fourth-order valence-corrected chi connectivity index (χ4v) is 4.09. The van der Waals surface area contributed by atoms with E-state index >= 15 is 0 Å². The second-order valence-corrected chi connectivity index (χ2v) is 10.4. The van der Waals surface area contributed by atoms with Crippen molar-refractivity contribution in [3.8, 4) is 23.8 Å². The average molecular weight is 601 g/mol. The Hall–Kier alpha value is -5.25. The quantitative estimate of drug-likeness (QED) is 0.223. The Bertz CT molecular complexity index is 1510. The molecule has 2 aromatic heterocycles. The minimum Gasteiger partial charge on any atom is -0.492 e. The lowest BCUT2D eigenvalue weighted by atomic mass is 10.0. The number of carbonyl (C=O) groups excluding carboxylic acids is 3. The third-order valence-electron chi connectivity index (χ3n) is 6.76. The first-order valence-electron chi connectivity index (χ1n) is 14.2. The summed E-state index contributed by atoms with van der Waals surface area (Å²) in [5, 5.41) is 17.8. The van der Waals surface area contributed by atoms with Gasteiger partial charge in [-0.2, -0.15) is 15.3 Å². The molecular formula is C31H36N8O5. The minimum atomic E-state index is -0.516. The maximum atomic E-state index is 12.6. The van der Waals surface area contributed by atoms with Gasteiger partial charge in [-0.05, 0) is 19.1 Å². The molecule has 0 atom stereocenters. The van der Waals surface area contributed by atoms with E-state index in [1.54, 1.807) is 24.2 Å². The van der Waals surface area contributed by atoms with E-state index < -0.39 is 5.66 Å². The van der Waals surface area contributed by atoms with Crippen LogP contribution in [0.25, 0.3) is 0 Å². The molecule has 4 rings (SSSR count). The molecule has 230 valence electrons. The van der Waals surface area contributed by atoms with E-state index in [-0.39, 0.29) is 43.7 Å². The molecule has 3 aromatic rings. The van der Waals surface area contributed by atoms with Crippen LogP contribution in [0.4, 0.5) is 11.4 Å². The highest BCUT2D eigenvalue weighted by atomic mass is 16.5. The lowest BCUT2D eigenvalue weighted by molar-refractivity contribution is -0.131. The molecule has 13 heteroatoms. The maximum Gasteiger partial charge on any atom is 0.244 e. The Morgan fingerprint density at radius 2 is 1.68 bits per heavy atom. The third-order valence-corrected chi connectivity index (χ3v) is 6.76. The highest BCUT2D eigenvalue weighted by molar-refractivity contribution is 5.91. The van der Waals surface area contributed by atoms with Crippen molar-refractivity contribution >= 4 is 29.1 Å². The number of aromatic nitrogens is 3. The van der Waals surface area contributed by atoms with Crippen LogP contribution in [0.2, 0.25) is 0 Å². The van der Waals surface area contributed by atoms with Gasteiger partial charge in [0.05, 0.1) is 49.5 Å². The summed E-state index contributed by atoms with van der Waals surface area (Å²) in [5.41, 5.74) is 1.58. The number of hydrogen-bond donors (Lipinski definition) is 2. The molecule has 2 N–H and O–H groups in total. The molecule has 13 nitrogen and oxygen atoms in total. The zero-order valence-corrected chi connectivity index (χ0v) is 24.9. The van der Waals surface area contributed by atoms with Crippen LogP contribution in [0.3, 0.4) is 0 Å². The zero-order valence-electron chi connectivity index (χ0n) is 24.9. The molecule has 0 radical (unpaired) electrons. The van der Waals surface area contributed by atoms with Crippen molar-refractivity contribution in [3.05, 3.63) is 60.7 Å². The number of rotatable bonds is 17. The fourth-order valence-electron chi connectivity index (χ4n) is 4.09. The van der Waals surface area contributed by atoms with Gasteiger partial charge < -0.3 is 25.0 Å². The summed E-state index contributed by atoms with van der Waals surface area (Å²) in [6.45, 7) is 2.91. The first-order valence-corrected chi connectivity index (χ1v) is 14.2. The molecule has 44 heavy (non-hydrogen) atoms. The molecule has 1 aromatic carbocycles. The number of aryl methyl sites for hydroxylation is 1. The standard InChI is InChI=1S/C31H36N8O5/c1-4-5-12-31(36-37-31)13-10-28(40)34-24-17-27(20-32-18-24)43-15-11-29(41)35-25-19-33-39(21-25)22-30(42)38(3)14-16-44-26-8-6-23(2)7-9-26/h1,6-9,17-21H,5,10-16,22H2,2-3H3,(H,34,40)(H,35,41). The predicted molar refractivity (Wildman–Crippen MR) is 163 cm³/mol. The van der Waals surface area contributed by atoms with Gasteiger partial charge in [-0.1, -0.05) is 17.7 Å². The van der Waals surface area contributed by atoms with Crippen LogP contribution in [0, 0.1) is 19.3 Å². The highest BCUT2D eigenvalue weighted by Crippen LogP contribution is 2.37. The summed E-state index contributed by atoms with van der Waals surface area (Å²) in [6.07, 6.45) is 13.4. The molecule has 0 fully saturated rings. The van der Waals surface area contributed by atoms with E-state index in [4.69, 9.17) is 15.9 Å². The monoisotopic (exact) mass is 600 g/mol. The maximum absolute atomic E-state index is 12.6. The average Bonchev–Trinajstić information content (AvgIpc) is 3.65. The second-order valence-electron chi connectivity index (χ2n) is 10.4. The molecule has 0 saturated carbocycles. The van der Waals surface area contributed by atoms with E-state index in [2.05, 4.69) is 36.9 Å². The number of nitrogens with zero attached hydrogens (tertiary/aromatic N) is 6. The van der Waals surface area contributed by atoms with Gasteiger partial charge >= 0.3 is 0 Å². The molecule has 0 spiro atoms. The van der Waals surface area contributed by atoms with Gasteiger partial charge in [0.25, 0.3) is 0 Å². The van der Waals surface area contributed by atoms with Crippen molar-refractivity contribution in [2.24, 2.45) is 10.2 Å². The van der Waals surface area contributed by atoms with Crippen LogP contribution in [0.1, 0.15) is 37.7 Å². The van der Waals surface area contributed by atoms with Crippen molar-refractivity contribution in [1.29, 1.82) is 0 Å². The van der Waals surface area contributed by atoms with Gasteiger partial charge in [0.1, 0.15) is 24.7 Å². The lowest BCUT2D eigenvalue weighted by Gasteiger charge is -2.17. The smallest absolute Gasteiger partial charge is 0.244 e. The van der Waals surface area contributed by atoms with Crippen LogP contribution < -0.4 is 20.1 Å².